The minimum absolute atomic E-state index is 0.184. The number of aromatic nitrogens is 5. The molecule has 0 saturated heterocycles. The maximum absolute atomic E-state index is 12.9. The van der Waals surface area contributed by atoms with Crippen molar-refractivity contribution >= 4 is 45.4 Å². The average molecular weight is 474 g/mol. The van der Waals surface area contributed by atoms with Gasteiger partial charge in [-0.25, -0.2) is 15.0 Å². The first-order valence-corrected chi connectivity index (χ1v) is 11.4. The first-order chi connectivity index (χ1) is 16.4. The third-order valence-corrected chi connectivity index (χ3v) is 6.27. The molecule has 0 atom stereocenters. The van der Waals surface area contributed by atoms with Crippen molar-refractivity contribution in [2.24, 2.45) is 7.05 Å². The number of pyridine rings is 2. The van der Waals surface area contributed by atoms with Crippen molar-refractivity contribution in [2.45, 2.75) is 13.8 Å². The van der Waals surface area contributed by atoms with E-state index in [1.807, 2.05) is 50.4 Å². The molecule has 5 aromatic rings. The number of thiazole rings is 1. The first kappa shape index (κ1) is 21.7. The van der Waals surface area contributed by atoms with Crippen LogP contribution in [0.4, 0.5) is 23.0 Å². The Balaban J connectivity index is 1.61. The fourth-order valence-electron chi connectivity index (χ4n) is 3.77. The van der Waals surface area contributed by atoms with Crippen LogP contribution < -0.4 is 20.9 Å². The molecule has 0 aliphatic heterocycles. The van der Waals surface area contributed by atoms with E-state index in [1.54, 1.807) is 37.8 Å². The number of ether oxygens (including phenoxy) is 1. The summed E-state index contributed by atoms with van der Waals surface area (Å²) >= 11 is 1.59. The molecule has 0 bridgehead atoms. The quantitative estimate of drug-likeness (QED) is 0.322. The molecule has 34 heavy (non-hydrogen) atoms. The fourth-order valence-corrected chi connectivity index (χ4v) is 4.55. The first-order valence-electron chi connectivity index (χ1n) is 10.6. The number of hydrogen-bond donors (Lipinski definition) is 3. The Kier molecular flexibility index (Phi) is 5.50. The highest BCUT2D eigenvalue weighted by molar-refractivity contribution is 7.15. The molecule has 0 aliphatic carbocycles. The Morgan fingerprint density at radius 2 is 1.91 bits per heavy atom. The van der Waals surface area contributed by atoms with Crippen LogP contribution in [0.3, 0.4) is 0 Å². The highest BCUT2D eigenvalue weighted by Crippen LogP contribution is 2.40. The van der Waals surface area contributed by atoms with Crippen LogP contribution in [0.25, 0.3) is 21.6 Å². The van der Waals surface area contributed by atoms with Gasteiger partial charge < -0.3 is 15.4 Å². The minimum Gasteiger partial charge on any atom is -0.494 e. The molecular formula is C24H23N7O2S. The number of benzene rings is 1. The van der Waals surface area contributed by atoms with E-state index in [9.17, 15) is 4.79 Å². The van der Waals surface area contributed by atoms with Crippen LogP contribution in [0.1, 0.15) is 10.4 Å². The smallest absolute Gasteiger partial charge is 0.277 e. The highest BCUT2D eigenvalue weighted by Gasteiger charge is 2.18. The summed E-state index contributed by atoms with van der Waals surface area (Å²) in [5, 5.41) is 10.9. The summed E-state index contributed by atoms with van der Waals surface area (Å²) in [5.41, 5.74) is 3.52. The van der Waals surface area contributed by atoms with Crippen molar-refractivity contribution in [1.29, 1.82) is 0 Å². The number of rotatable bonds is 6. The Hall–Kier alpha value is -4.18. The summed E-state index contributed by atoms with van der Waals surface area (Å²) < 4.78 is 7.18. The Morgan fingerprint density at radius 1 is 1.06 bits per heavy atom. The van der Waals surface area contributed by atoms with Crippen molar-refractivity contribution in [2.75, 3.05) is 17.7 Å². The summed E-state index contributed by atoms with van der Waals surface area (Å²) in [4.78, 5) is 27.4. The average Bonchev–Trinajstić information content (AvgIpc) is 3.36. The van der Waals surface area contributed by atoms with E-state index in [-0.39, 0.29) is 5.56 Å². The lowest BCUT2D eigenvalue weighted by molar-refractivity contribution is 0.418. The highest BCUT2D eigenvalue weighted by atomic mass is 32.1. The minimum atomic E-state index is -0.184. The second kappa shape index (κ2) is 8.64. The maximum atomic E-state index is 12.9. The third-order valence-electron chi connectivity index (χ3n) is 5.32. The van der Waals surface area contributed by atoms with E-state index >= 15 is 0 Å². The molecule has 0 aliphatic rings. The number of nitrogens with zero attached hydrogens (tertiary/aromatic N) is 4. The fraction of sp³-hybridized carbons (Fsp3) is 0.167. The number of fused-ring (bicyclic) bond motifs is 1. The predicted octanol–water partition coefficient (Wildman–Crippen LogP) is 4.89. The van der Waals surface area contributed by atoms with E-state index in [1.165, 1.54) is 4.68 Å². The number of nitrogens with one attached hydrogen (secondary N) is 3. The lowest BCUT2D eigenvalue weighted by Gasteiger charge is -2.15. The van der Waals surface area contributed by atoms with Crippen LogP contribution in [-0.4, -0.2) is 31.8 Å². The van der Waals surface area contributed by atoms with Crippen molar-refractivity contribution in [3.63, 3.8) is 0 Å². The summed E-state index contributed by atoms with van der Waals surface area (Å²) in [6.07, 6.45) is 3.57. The molecule has 0 spiro atoms. The number of methoxy groups -OCH3 is 1. The van der Waals surface area contributed by atoms with Crippen LogP contribution in [0.2, 0.25) is 0 Å². The number of hydrogen-bond acceptors (Lipinski definition) is 8. The van der Waals surface area contributed by atoms with Crippen LogP contribution in [0, 0.1) is 13.8 Å². The molecular weight excluding hydrogens is 450 g/mol. The lowest BCUT2D eigenvalue weighted by Crippen LogP contribution is -2.12. The van der Waals surface area contributed by atoms with Gasteiger partial charge in [-0.05, 0) is 43.7 Å². The molecule has 5 rings (SSSR count). The zero-order chi connectivity index (χ0) is 23.8. The van der Waals surface area contributed by atoms with Crippen LogP contribution in [0.5, 0.6) is 5.75 Å². The molecule has 172 valence electrons. The largest absolute Gasteiger partial charge is 0.494 e. The van der Waals surface area contributed by atoms with Gasteiger partial charge in [-0.1, -0.05) is 6.07 Å². The van der Waals surface area contributed by atoms with Crippen molar-refractivity contribution in [3.05, 3.63) is 69.6 Å². The molecule has 0 radical (unpaired) electrons. The standard InChI is InChI=1S/C24H23N7O2S/c1-13-8-9-25-18(10-13)28-19-11-17(20-22(29-19)30-31(3)24(20)32)27-16-7-5-6-15(21(16)33-4)23-26-12-14(2)34-23/h5-12H,1-4H3,(H3,25,27,28,29,30). The maximum Gasteiger partial charge on any atom is 0.277 e. The summed E-state index contributed by atoms with van der Waals surface area (Å²) in [7, 11) is 3.29. The van der Waals surface area contributed by atoms with Gasteiger partial charge in [0.1, 0.15) is 22.0 Å². The van der Waals surface area contributed by atoms with Gasteiger partial charge in [0.05, 0.1) is 24.0 Å². The number of para-hydroxylation sites is 1. The van der Waals surface area contributed by atoms with Gasteiger partial charge in [0.15, 0.2) is 11.4 Å². The molecule has 0 saturated carbocycles. The molecule has 4 heterocycles. The number of H-pyrrole nitrogens is 1. The summed E-state index contributed by atoms with van der Waals surface area (Å²) in [6.45, 7) is 4.01. The van der Waals surface area contributed by atoms with Crippen LogP contribution in [-0.2, 0) is 7.05 Å². The van der Waals surface area contributed by atoms with Crippen molar-refractivity contribution in [3.8, 4) is 16.3 Å². The van der Waals surface area contributed by atoms with E-state index in [0.29, 0.717) is 39.8 Å². The predicted molar refractivity (Wildman–Crippen MR) is 136 cm³/mol. The molecule has 0 fully saturated rings. The van der Waals surface area contributed by atoms with Gasteiger partial charge in [-0.2, -0.15) is 0 Å². The Bertz CT molecular complexity index is 1570. The van der Waals surface area contributed by atoms with E-state index < -0.39 is 0 Å². The van der Waals surface area contributed by atoms with Gasteiger partial charge in [-0.15, -0.1) is 11.3 Å². The van der Waals surface area contributed by atoms with Crippen molar-refractivity contribution < 1.29 is 4.74 Å². The summed E-state index contributed by atoms with van der Waals surface area (Å²) in [6, 6.07) is 11.4. The summed E-state index contributed by atoms with van der Waals surface area (Å²) in [5.74, 6) is 1.85. The molecule has 10 heteroatoms. The van der Waals surface area contributed by atoms with Crippen LogP contribution >= 0.6 is 11.3 Å². The van der Waals surface area contributed by atoms with E-state index in [0.717, 1.165) is 21.0 Å². The second-order valence-electron chi connectivity index (χ2n) is 7.89. The monoisotopic (exact) mass is 473 g/mol. The molecule has 9 nitrogen and oxygen atoms in total. The van der Waals surface area contributed by atoms with Gasteiger partial charge in [0.25, 0.3) is 5.56 Å². The lowest BCUT2D eigenvalue weighted by atomic mass is 10.1. The van der Waals surface area contributed by atoms with Crippen molar-refractivity contribution in [1.82, 2.24) is 24.7 Å². The molecule has 0 unspecified atom stereocenters. The zero-order valence-electron chi connectivity index (χ0n) is 19.1. The normalized spacial score (nSPS) is 11.1. The third kappa shape index (κ3) is 3.99. The topological polar surface area (TPSA) is 110 Å². The van der Waals surface area contributed by atoms with Gasteiger partial charge >= 0.3 is 0 Å². The van der Waals surface area contributed by atoms with Gasteiger partial charge in [-0.3, -0.25) is 14.6 Å². The Morgan fingerprint density at radius 3 is 2.65 bits per heavy atom. The second-order valence-corrected chi connectivity index (χ2v) is 9.12. The van der Waals surface area contributed by atoms with E-state index in [2.05, 4.69) is 30.7 Å². The number of aromatic amines is 1. The number of anilines is 4. The van der Waals surface area contributed by atoms with Gasteiger partial charge in [0, 0.05) is 30.4 Å². The number of aryl methyl sites for hydroxylation is 3. The molecule has 0 amide bonds. The van der Waals surface area contributed by atoms with E-state index in [4.69, 9.17) is 4.74 Å². The SMILES string of the molecule is COc1c(Nc2cc(Nc3cc(C)ccn3)nc3[nH]n(C)c(=O)c23)cccc1-c1ncc(C)s1. The Labute approximate surface area is 199 Å². The molecule has 3 N–H and O–H groups in total. The molecule has 4 aromatic heterocycles. The molecule has 1 aromatic carbocycles. The van der Waals surface area contributed by atoms with Crippen LogP contribution in [0.15, 0.2) is 53.6 Å². The zero-order valence-corrected chi connectivity index (χ0v) is 19.9. The van der Waals surface area contributed by atoms with Gasteiger partial charge in [0.2, 0.25) is 0 Å².